The van der Waals surface area contributed by atoms with Crippen molar-refractivity contribution in [2.75, 3.05) is 7.11 Å². The Morgan fingerprint density at radius 2 is 2.03 bits per heavy atom. The molecule has 0 bridgehead atoms. The van der Waals surface area contributed by atoms with Gasteiger partial charge in [-0.2, -0.15) is 0 Å². The molecule has 29 heavy (non-hydrogen) atoms. The Bertz CT molecular complexity index is 547. The van der Waals surface area contributed by atoms with Crippen LogP contribution in [0.5, 0.6) is 0 Å². The van der Waals surface area contributed by atoms with Gasteiger partial charge in [-0.25, -0.2) is 0 Å². The van der Waals surface area contributed by atoms with Crippen molar-refractivity contribution in [1.82, 2.24) is 0 Å². The molecular weight excluding hydrogens is 436 g/mol. The van der Waals surface area contributed by atoms with E-state index in [0.717, 1.165) is 25.7 Å². The Labute approximate surface area is 183 Å². The number of hydrogen-bond acceptors (Lipinski definition) is 5. The monoisotopic (exact) mass is 472 g/mol. The first kappa shape index (κ1) is 23.2. The van der Waals surface area contributed by atoms with Gasteiger partial charge in [0.25, 0.3) is 0 Å². The smallest absolute Gasteiger partial charge is 0.305 e. The molecule has 1 saturated heterocycles. The molecule has 2 saturated carbocycles. The molecule has 2 aliphatic carbocycles. The Morgan fingerprint density at radius 3 is 2.76 bits per heavy atom. The van der Waals surface area contributed by atoms with Crippen LogP contribution in [-0.4, -0.2) is 52.5 Å². The van der Waals surface area contributed by atoms with Crippen molar-refractivity contribution in [2.45, 2.75) is 99.9 Å². The van der Waals surface area contributed by atoms with Gasteiger partial charge in [-0.15, -0.1) is 0 Å². The molecule has 5 nitrogen and oxygen atoms in total. The first-order valence-corrected chi connectivity index (χ1v) is 12.3. The van der Waals surface area contributed by atoms with E-state index in [1.165, 1.54) is 39.2 Å². The van der Waals surface area contributed by atoms with Gasteiger partial charge in [0.15, 0.2) is 0 Å². The lowest BCUT2D eigenvalue weighted by Gasteiger charge is -2.23. The Kier molecular flexibility index (Phi) is 9.03. The number of aliphatic hydroxyl groups excluding tert-OH is 2. The molecule has 7 atom stereocenters. The molecule has 0 amide bonds. The van der Waals surface area contributed by atoms with Gasteiger partial charge in [0.2, 0.25) is 0 Å². The summed E-state index contributed by atoms with van der Waals surface area (Å²) in [6, 6.07) is 0. The second kappa shape index (κ2) is 11.3. The lowest BCUT2D eigenvalue weighted by molar-refractivity contribution is -0.140. The predicted octanol–water partition coefficient (Wildman–Crippen LogP) is 4.14. The summed E-state index contributed by atoms with van der Waals surface area (Å²) in [5, 5.41) is 21.0. The predicted molar refractivity (Wildman–Crippen MR) is 116 cm³/mol. The molecule has 0 aromatic carbocycles. The third kappa shape index (κ3) is 6.52. The summed E-state index contributed by atoms with van der Waals surface area (Å²) in [6.45, 7) is 0. The SMILES string of the molecule is COC(=O)CCCC(Br)C1C[C@@H]2[C@@H](/C=C/[C@@H](O)CC3CCCCC3)[C@H](O)C[C@H]2O1. The molecule has 3 rings (SSSR count). The quantitative estimate of drug-likeness (QED) is 0.299. The third-order valence-corrected chi connectivity index (χ3v) is 8.14. The van der Waals surface area contributed by atoms with Crippen molar-refractivity contribution >= 4 is 21.9 Å². The number of methoxy groups -OCH3 is 1. The molecule has 1 heterocycles. The van der Waals surface area contributed by atoms with Crippen LogP contribution in [0.2, 0.25) is 0 Å². The number of carbonyl (C=O) groups excluding carboxylic acids is 1. The van der Waals surface area contributed by atoms with E-state index >= 15 is 0 Å². The Balaban J connectivity index is 1.46. The molecule has 0 aromatic rings. The maximum Gasteiger partial charge on any atom is 0.305 e. The van der Waals surface area contributed by atoms with Crippen molar-refractivity contribution in [1.29, 1.82) is 0 Å². The van der Waals surface area contributed by atoms with Gasteiger partial charge in [-0.05, 0) is 37.5 Å². The number of esters is 1. The van der Waals surface area contributed by atoms with Crippen LogP contribution in [-0.2, 0) is 14.3 Å². The lowest BCUT2D eigenvalue weighted by Crippen LogP contribution is -2.24. The zero-order valence-electron chi connectivity index (χ0n) is 17.5. The average molecular weight is 473 g/mol. The van der Waals surface area contributed by atoms with Crippen molar-refractivity contribution in [3.05, 3.63) is 12.2 Å². The summed E-state index contributed by atoms with van der Waals surface area (Å²) < 4.78 is 10.9. The summed E-state index contributed by atoms with van der Waals surface area (Å²) in [7, 11) is 1.42. The van der Waals surface area contributed by atoms with Crippen LogP contribution in [0, 0.1) is 17.8 Å². The summed E-state index contributed by atoms with van der Waals surface area (Å²) in [5.41, 5.74) is 0. The van der Waals surface area contributed by atoms with E-state index in [1.807, 2.05) is 6.08 Å². The van der Waals surface area contributed by atoms with Crippen LogP contribution in [0.1, 0.15) is 70.6 Å². The number of hydrogen-bond donors (Lipinski definition) is 2. The second-order valence-electron chi connectivity index (χ2n) is 9.17. The number of rotatable bonds is 9. The number of aliphatic hydroxyl groups is 2. The second-order valence-corrected chi connectivity index (χ2v) is 10.3. The molecule has 166 valence electrons. The first-order valence-electron chi connectivity index (χ1n) is 11.4. The van der Waals surface area contributed by atoms with E-state index in [2.05, 4.69) is 22.0 Å². The summed E-state index contributed by atoms with van der Waals surface area (Å²) in [5.74, 6) is 0.826. The van der Waals surface area contributed by atoms with E-state index in [9.17, 15) is 15.0 Å². The number of fused-ring (bicyclic) bond motifs is 1. The van der Waals surface area contributed by atoms with E-state index < -0.39 is 12.2 Å². The van der Waals surface area contributed by atoms with E-state index in [0.29, 0.717) is 24.7 Å². The van der Waals surface area contributed by atoms with Gasteiger partial charge >= 0.3 is 5.97 Å². The Hall–Kier alpha value is -0.430. The summed E-state index contributed by atoms with van der Waals surface area (Å²) >= 11 is 3.74. The summed E-state index contributed by atoms with van der Waals surface area (Å²) in [4.78, 5) is 11.5. The number of carbonyl (C=O) groups is 1. The van der Waals surface area contributed by atoms with E-state index in [1.54, 1.807) is 0 Å². The van der Waals surface area contributed by atoms with E-state index in [-0.39, 0.29) is 28.9 Å². The van der Waals surface area contributed by atoms with Crippen LogP contribution >= 0.6 is 15.9 Å². The average Bonchev–Trinajstić information content (AvgIpc) is 3.24. The molecule has 0 radical (unpaired) electrons. The molecule has 0 aromatic heterocycles. The summed E-state index contributed by atoms with van der Waals surface area (Å²) in [6.07, 6.45) is 14.2. The largest absolute Gasteiger partial charge is 0.469 e. The molecule has 3 fully saturated rings. The Morgan fingerprint density at radius 1 is 1.28 bits per heavy atom. The molecule has 1 aliphatic heterocycles. The zero-order valence-corrected chi connectivity index (χ0v) is 19.1. The number of ether oxygens (including phenoxy) is 2. The highest BCUT2D eigenvalue weighted by Gasteiger charge is 2.49. The van der Waals surface area contributed by atoms with Gasteiger partial charge in [0.05, 0.1) is 31.5 Å². The van der Waals surface area contributed by atoms with Crippen LogP contribution in [0.3, 0.4) is 0 Å². The molecular formula is C23H37BrO5. The van der Waals surface area contributed by atoms with Crippen LogP contribution in [0.15, 0.2) is 12.2 Å². The van der Waals surface area contributed by atoms with Crippen LogP contribution in [0.25, 0.3) is 0 Å². The minimum atomic E-state index is -0.412. The fourth-order valence-corrected chi connectivity index (χ4v) is 6.11. The minimum absolute atomic E-state index is 0.0563. The van der Waals surface area contributed by atoms with Gasteiger partial charge in [0.1, 0.15) is 0 Å². The molecule has 2 unspecified atom stereocenters. The molecule has 3 aliphatic rings. The van der Waals surface area contributed by atoms with Crippen molar-refractivity contribution in [3.63, 3.8) is 0 Å². The molecule has 6 heteroatoms. The van der Waals surface area contributed by atoms with Crippen molar-refractivity contribution in [2.24, 2.45) is 17.8 Å². The van der Waals surface area contributed by atoms with Gasteiger partial charge in [-0.1, -0.05) is 60.2 Å². The maximum atomic E-state index is 11.3. The van der Waals surface area contributed by atoms with Crippen molar-refractivity contribution < 1.29 is 24.5 Å². The standard InChI is InChI=1S/C23H37BrO5/c1-28-23(27)9-5-8-19(24)22-13-18-17(20(26)14-21(18)29-22)11-10-16(25)12-15-6-3-2-4-7-15/h10-11,15-22,25-26H,2-9,12-14H2,1H3/b11-10+/t16-,17-,18-,19?,20-,21-,22?/m1/s1. The van der Waals surface area contributed by atoms with E-state index in [4.69, 9.17) is 9.47 Å². The van der Waals surface area contributed by atoms with Gasteiger partial charge < -0.3 is 19.7 Å². The zero-order chi connectivity index (χ0) is 20.8. The van der Waals surface area contributed by atoms with Crippen LogP contribution in [0.4, 0.5) is 0 Å². The molecule has 0 spiro atoms. The fraction of sp³-hybridized carbons (Fsp3) is 0.870. The first-order chi connectivity index (χ1) is 14.0. The van der Waals surface area contributed by atoms with Gasteiger partial charge in [-0.3, -0.25) is 4.79 Å². The highest BCUT2D eigenvalue weighted by molar-refractivity contribution is 9.09. The number of alkyl halides is 1. The highest BCUT2D eigenvalue weighted by atomic mass is 79.9. The number of halogens is 1. The van der Waals surface area contributed by atoms with Crippen LogP contribution < -0.4 is 0 Å². The maximum absolute atomic E-state index is 11.3. The highest BCUT2D eigenvalue weighted by Crippen LogP contribution is 2.46. The lowest BCUT2D eigenvalue weighted by atomic mass is 9.84. The normalized spacial score (nSPS) is 35.0. The minimum Gasteiger partial charge on any atom is -0.469 e. The fourth-order valence-electron chi connectivity index (χ4n) is 5.45. The third-order valence-electron chi connectivity index (χ3n) is 7.09. The van der Waals surface area contributed by atoms with Crippen molar-refractivity contribution in [3.8, 4) is 0 Å². The topological polar surface area (TPSA) is 76.0 Å². The van der Waals surface area contributed by atoms with Gasteiger partial charge in [0, 0.05) is 23.6 Å². The molecule has 2 N–H and O–H groups in total.